The van der Waals surface area contributed by atoms with Crippen molar-refractivity contribution >= 4 is 5.97 Å². The molecule has 1 aromatic heterocycles. The van der Waals surface area contributed by atoms with Crippen LogP contribution in [0.5, 0.6) is 0 Å². The lowest BCUT2D eigenvalue weighted by atomic mass is 10.2. The Morgan fingerprint density at radius 2 is 2.27 bits per heavy atom. The summed E-state index contributed by atoms with van der Waals surface area (Å²) in [6, 6.07) is 1.61. The van der Waals surface area contributed by atoms with E-state index in [-0.39, 0.29) is 5.69 Å². The fraction of sp³-hybridized carbons (Fsp3) is 0.600. The predicted octanol–water partition coefficient (Wildman–Crippen LogP) is 0.746. The van der Waals surface area contributed by atoms with Crippen LogP contribution in [0.4, 0.5) is 0 Å². The van der Waals surface area contributed by atoms with Crippen molar-refractivity contribution in [2.45, 2.75) is 19.3 Å². The summed E-state index contributed by atoms with van der Waals surface area (Å²) in [7, 11) is 0. The van der Waals surface area contributed by atoms with E-state index in [1.807, 2.05) is 0 Å². The summed E-state index contributed by atoms with van der Waals surface area (Å²) in [6.07, 6.45) is 3.41. The summed E-state index contributed by atoms with van der Waals surface area (Å²) in [4.78, 5) is 13.0. The van der Waals surface area contributed by atoms with Gasteiger partial charge in [-0.25, -0.2) is 4.79 Å². The van der Waals surface area contributed by atoms with Gasteiger partial charge in [-0.3, -0.25) is 5.10 Å². The molecule has 0 aliphatic carbocycles. The van der Waals surface area contributed by atoms with Crippen LogP contribution in [0.3, 0.4) is 0 Å². The van der Waals surface area contributed by atoms with Crippen LogP contribution in [0.15, 0.2) is 6.07 Å². The van der Waals surface area contributed by atoms with Crippen molar-refractivity contribution in [2.75, 3.05) is 19.6 Å². The molecule has 0 amide bonds. The average molecular weight is 209 g/mol. The lowest BCUT2D eigenvalue weighted by Gasteiger charge is -2.12. The highest BCUT2D eigenvalue weighted by Gasteiger charge is 2.12. The Kier molecular flexibility index (Phi) is 3.01. The molecule has 1 saturated heterocycles. The second kappa shape index (κ2) is 4.44. The van der Waals surface area contributed by atoms with Crippen LogP contribution in [0.1, 0.15) is 29.0 Å². The number of carbonyl (C=O) groups is 1. The molecule has 1 aliphatic rings. The number of nitrogens with zero attached hydrogens (tertiary/aromatic N) is 2. The first-order chi connectivity index (χ1) is 7.25. The van der Waals surface area contributed by atoms with Crippen LogP contribution in [0.25, 0.3) is 0 Å². The van der Waals surface area contributed by atoms with Crippen LogP contribution in [0.2, 0.25) is 0 Å². The molecule has 1 aliphatic heterocycles. The number of aromatic carboxylic acids is 1. The molecule has 0 bridgehead atoms. The Balaban J connectivity index is 1.84. The fourth-order valence-electron chi connectivity index (χ4n) is 1.88. The summed E-state index contributed by atoms with van der Waals surface area (Å²) in [5, 5.41) is 15.2. The van der Waals surface area contributed by atoms with E-state index in [2.05, 4.69) is 15.1 Å². The number of H-pyrrole nitrogens is 1. The van der Waals surface area contributed by atoms with Gasteiger partial charge in [0.25, 0.3) is 0 Å². The monoisotopic (exact) mass is 209 g/mol. The molecule has 2 rings (SSSR count). The molecule has 0 aromatic carbocycles. The molecule has 15 heavy (non-hydrogen) atoms. The zero-order chi connectivity index (χ0) is 10.7. The largest absolute Gasteiger partial charge is 0.476 e. The fourth-order valence-corrected chi connectivity index (χ4v) is 1.88. The maximum Gasteiger partial charge on any atom is 0.356 e. The van der Waals surface area contributed by atoms with E-state index in [0.29, 0.717) is 0 Å². The normalized spacial score (nSPS) is 17.1. The molecule has 5 heteroatoms. The molecule has 5 nitrogen and oxygen atoms in total. The lowest BCUT2D eigenvalue weighted by Crippen LogP contribution is -2.22. The van der Waals surface area contributed by atoms with Gasteiger partial charge in [0, 0.05) is 18.7 Å². The van der Waals surface area contributed by atoms with Crippen molar-refractivity contribution in [1.82, 2.24) is 15.1 Å². The molecule has 0 atom stereocenters. The maximum absolute atomic E-state index is 10.6. The van der Waals surface area contributed by atoms with Gasteiger partial charge in [-0.05, 0) is 32.0 Å². The summed E-state index contributed by atoms with van der Waals surface area (Å²) in [6.45, 7) is 3.32. The van der Waals surface area contributed by atoms with Crippen LogP contribution in [0, 0.1) is 0 Å². The summed E-state index contributed by atoms with van der Waals surface area (Å²) in [5.41, 5.74) is 1.01. The number of aromatic amines is 1. The maximum atomic E-state index is 10.6. The molecule has 82 valence electrons. The first-order valence-electron chi connectivity index (χ1n) is 5.25. The zero-order valence-corrected chi connectivity index (χ0v) is 8.57. The van der Waals surface area contributed by atoms with Gasteiger partial charge in [-0.1, -0.05) is 0 Å². The van der Waals surface area contributed by atoms with Gasteiger partial charge in [0.2, 0.25) is 0 Å². The van der Waals surface area contributed by atoms with Crippen LogP contribution < -0.4 is 0 Å². The predicted molar refractivity (Wildman–Crippen MR) is 54.9 cm³/mol. The quantitative estimate of drug-likeness (QED) is 0.767. The van der Waals surface area contributed by atoms with Crippen molar-refractivity contribution in [1.29, 1.82) is 0 Å². The molecular weight excluding hydrogens is 194 g/mol. The average Bonchev–Trinajstić information content (AvgIpc) is 2.86. The number of carboxylic acids is 1. The van der Waals surface area contributed by atoms with E-state index in [1.165, 1.54) is 25.9 Å². The molecule has 0 spiro atoms. The highest BCUT2D eigenvalue weighted by atomic mass is 16.4. The highest BCUT2D eigenvalue weighted by molar-refractivity contribution is 5.85. The Morgan fingerprint density at radius 3 is 2.87 bits per heavy atom. The Labute approximate surface area is 88.1 Å². The van der Waals surface area contributed by atoms with E-state index < -0.39 is 5.97 Å². The number of hydrogen-bond donors (Lipinski definition) is 2. The van der Waals surface area contributed by atoms with Crippen LogP contribution in [-0.2, 0) is 6.42 Å². The minimum Gasteiger partial charge on any atom is -0.476 e. The molecule has 0 saturated carbocycles. The van der Waals surface area contributed by atoms with Gasteiger partial charge in [-0.2, -0.15) is 5.10 Å². The number of hydrogen-bond acceptors (Lipinski definition) is 3. The topological polar surface area (TPSA) is 69.2 Å². The Bertz CT molecular complexity index is 342. The first kappa shape index (κ1) is 10.2. The minimum atomic E-state index is -0.973. The third-order valence-electron chi connectivity index (χ3n) is 2.75. The molecule has 1 aromatic rings. The molecule has 2 heterocycles. The van der Waals surface area contributed by atoms with Gasteiger partial charge < -0.3 is 10.0 Å². The number of likely N-dealkylation sites (tertiary alicyclic amines) is 1. The Morgan fingerprint density at radius 1 is 1.53 bits per heavy atom. The molecule has 2 N–H and O–H groups in total. The van der Waals surface area contributed by atoms with Crippen molar-refractivity contribution in [3.63, 3.8) is 0 Å². The second-order valence-corrected chi connectivity index (χ2v) is 3.88. The van der Waals surface area contributed by atoms with Gasteiger partial charge in [0.1, 0.15) is 0 Å². The van der Waals surface area contributed by atoms with E-state index in [1.54, 1.807) is 6.07 Å². The van der Waals surface area contributed by atoms with Crippen LogP contribution in [-0.4, -0.2) is 45.8 Å². The van der Waals surface area contributed by atoms with E-state index >= 15 is 0 Å². The number of carboxylic acid groups (broad SMARTS) is 1. The number of aromatic nitrogens is 2. The van der Waals surface area contributed by atoms with Crippen molar-refractivity contribution in [3.05, 3.63) is 17.5 Å². The third kappa shape index (κ3) is 2.56. The minimum absolute atomic E-state index is 0.103. The zero-order valence-electron chi connectivity index (χ0n) is 8.57. The third-order valence-corrected chi connectivity index (χ3v) is 2.75. The lowest BCUT2D eigenvalue weighted by molar-refractivity contribution is 0.0690. The first-order valence-corrected chi connectivity index (χ1v) is 5.25. The summed E-state index contributed by atoms with van der Waals surface area (Å²) in [5.74, 6) is -0.973. The molecule has 0 radical (unpaired) electrons. The van der Waals surface area contributed by atoms with Crippen LogP contribution >= 0.6 is 0 Å². The van der Waals surface area contributed by atoms with Crippen molar-refractivity contribution in [3.8, 4) is 0 Å². The number of nitrogens with one attached hydrogen (secondary N) is 1. The molecule has 1 fully saturated rings. The second-order valence-electron chi connectivity index (χ2n) is 3.88. The van der Waals surface area contributed by atoms with Crippen molar-refractivity contribution in [2.24, 2.45) is 0 Å². The van der Waals surface area contributed by atoms with Gasteiger partial charge in [0.05, 0.1) is 0 Å². The molecule has 0 unspecified atom stereocenters. The van der Waals surface area contributed by atoms with E-state index in [9.17, 15) is 4.79 Å². The SMILES string of the molecule is O=C(O)c1cc(CCN2CCCC2)[nH]n1. The molecular formula is C10H15N3O2. The van der Waals surface area contributed by atoms with E-state index in [0.717, 1.165) is 18.7 Å². The van der Waals surface area contributed by atoms with E-state index in [4.69, 9.17) is 5.11 Å². The highest BCUT2D eigenvalue weighted by Crippen LogP contribution is 2.08. The van der Waals surface area contributed by atoms with Crippen molar-refractivity contribution < 1.29 is 9.90 Å². The smallest absolute Gasteiger partial charge is 0.356 e. The van der Waals surface area contributed by atoms with Gasteiger partial charge in [-0.15, -0.1) is 0 Å². The summed E-state index contributed by atoms with van der Waals surface area (Å²) < 4.78 is 0. The summed E-state index contributed by atoms with van der Waals surface area (Å²) >= 11 is 0. The Hall–Kier alpha value is -1.36. The number of rotatable bonds is 4. The van der Waals surface area contributed by atoms with Gasteiger partial charge >= 0.3 is 5.97 Å². The van der Waals surface area contributed by atoms with Gasteiger partial charge in [0.15, 0.2) is 5.69 Å². The standard InChI is InChI=1S/C10H15N3O2/c14-10(15)9-7-8(11-12-9)3-6-13-4-1-2-5-13/h7H,1-6H2,(H,11,12)(H,14,15).